The molecule has 0 amide bonds. The Morgan fingerprint density at radius 1 is 1.22 bits per heavy atom. The Kier molecular flexibility index (Phi) is 6.00. The second-order valence-electron chi connectivity index (χ2n) is 4.04. The van der Waals surface area contributed by atoms with Crippen molar-refractivity contribution in [2.75, 3.05) is 5.73 Å². The van der Waals surface area contributed by atoms with E-state index in [0.717, 1.165) is 0 Å². The highest BCUT2D eigenvalue weighted by atomic mass is 35.5. The van der Waals surface area contributed by atoms with Crippen molar-refractivity contribution in [2.24, 2.45) is 0 Å². The van der Waals surface area contributed by atoms with Crippen LogP contribution in [0.4, 0.5) is 18.9 Å². The van der Waals surface area contributed by atoms with Crippen molar-refractivity contribution >= 4 is 17.3 Å². The van der Waals surface area contributed by atoms with Gasteiger partial charge < -0.3 is 5.73 Å². The van der Waals surface area contributed by atoms with E-state index >= 15 is 0 Å². The van der Waals surface area contributed by atoms with Gasteiger partial charge in [-0.3, -0.25) is 0 Å². The predicted molar refractivity (Wildman–Crippen MR) is 71.0 cm³/mol. The van der Waals surface area contributed by atoms with Gasteiger partial charge in [-0.2, -0.15) is 13.2 Å². The Morgan fingerprint density at radius 2 is 1.67 bits per heavy atom. The van der Waals surface area contributed by atoms with Crippen LogP contribution in [0.25, 0.3) is 0 Å². The molecule has 1 aromatic carbocycles. The molecule has 0 aromatic heterocycles. The highest BCUT2D eigenvalue weighted by Crippen LogP contribution is 2.42. The normalized spacial score (nSPS) is 11.2. The minimum absolute atomic E-state index is 0.00734. The quantitative estimate of drug-likeness (QED) is 0.685. The fraction of sp³-hybridized carbons (Fsp3) is 0.538. The van der Waals surface area contributed by atoms with Crippen molar-refractivity contribution in [3.05, 3.63) is 27.8 Å². The van der Waals surface area contributed by atoms with Crippen LogP contribution in [0.5, 0.6) is 0 Å². The van der Waals surface area contributed by atoms with Gasteiger partial charge in [-0.1, -0.05) is 39.3 Å². The minimum Gasteiger partial charge on any atom is -0.398 e. The van der Waals surface area contributed by atoms with Crippen molar-refractivity contribution in [1.82, 2.24) is 0 Å². The number of anilines is 1. The van der Waals surface area contributed by atoms with E-state index in [1.807, 2.05) is 13.8 Å². The van der Waals surface area contributed by atoms with Gasteiger partial charge in [0, 0.05) is 0 Å². The van der Waals surface area contributed by atoms with Crippen LogP contribution in [0.15, 0.2) is 6.07 Å². The molecule has 1 nitrogen and oxygen atoms in total. The molecule has 0 atom stereocenters. The molecule has 0 spiro atoms. The topological polar surface area (TPSA) is 26.0 Å². The van der Waals surface area contributed by atoms with Crippen molar-refractivity contribution in [1.29, 1.82) is 0 Å². The van der Waals surface area contributed by atoms with Crippen LogP contribution in [0.2, 0.25) is 5.02 Å². The summed E-state index contributed by atoms with van der Waals surface area (Å²) in [6, 6.07) is 1.26. The third-order valence-corrected chi connectivity index (χ3v) is 2.81. The van der Waals surface area contributed by atoms with Crippen molar-refractivity contribution < 1.29 is 13.2 Å². The van der Waals surface area contributed by atoms with Crippen molar-refractivity contribution in [3.63, 3.8) is 0 Å². The first-order valence-corrected chi connectivity index (χ1v) is 6.19. The van der Waals surface area contributed by atoms with Crippen LogP contribution < -0.4 is 5.73 Å². The Balaban J connectivity index is 0.00000137. The molecule has 18 heavy (non-hydrogen) atoms. The summed E-state index contributed by atoms with van der Waals surface area (Å²) in [5, 5.41) is 0.00734. The largest absolute Gasteiger partial charge is 0.416 e. The maximum absolute atomic E-state index is 12.9. The van der Waals surface area contributed by atoms with Gasteiger partial charge in [-0.05, 0) is 30.0 Å². The fourth-order valence-electron chi connectivity index (χ4n) is 1.76. The number of halogens is 4. The van der Waals surface area contributed by atoms with Crippen LogP contribution in [0.3, 0.4) is 0 Å². The molecule has 1 rings (SSSR count). The molecule has 0 aliphatic rings. The van der Waals surface area contributed by atoms with Gasteiger partial charge in [0.15, 0.2) is 0 Å². The van der Waals surface area contributed by atoms with Crippen LogP contribution in [0, 0.1) is 6.92 Å². The average Bonchev–Trinajstić information content (AvgIpc) is 2.23. The zero-order valence-electron chi connectivity index (χ0n) is 11.2. The van der Waals surface area contributed by atoms with E-state index < -0.39 is 11.7 Å². The van der Waals surface area contributed by atoms with E-state index in [1.165, 1.54) is 13.0 Å². The first kappa shape index (κ1) is 17.1. The lowest BCUT2D eigenvalue weighted by Gasteiger charge is -2.20. The standard InChI is InChI=1S/C11H13ClF3N.C2H6/c1-5(2)8-9(11(13,14)15)6(3)4-7(16)10(8)12;1-2/h4-5H,16H2,1-3H3;1-2H3. The van der Waals surface area contributed by atoms with Gasteiger partial charge in [-0.25, -0.2) is 0 Å². The monoisotopic (exact) mass is 281 g/mol. The van der Waals surface area contributed by atoms with Gasteiger partial charge in [0.25, 0.3) is 0 Å². The molecule has 0 saturated carbocycles. The third-order valence-electron chi connectivity index (χ3n) is 2.39. The van der Waals surface area contributed by atoms with E-state index in [4.69, 9.17) is 17.3 Å². The van der Waals surface area contributed by atoms with Crippen molar-refractivity contribution in [2.45, 2.75) is 46.7 Å². The molecular weight excluding hydrogens is 263 g/mol. The molecule has 0 radical (unpaired) electrons. The number of hydrogen-bond donors (Lipinski definition) is 1. The van der Waals surface area contributed by atoms with Gasteiger partial charge in [0.1, 0.15) is 0 Å². The summed E-state index contributed by atoms with van der Waals surface area (Å²) >= 11 is 5.85. The van der Waals surface area contributed by atoms with E-state index in [0.29, 0.717) is 0 Å². The molecule has 0 aliphatic heterocycles. The highest BCUT2D eigenvalue weighted by Gasteiger charge is 2.37. The first-order chi connectivity index (χ1) is 8.16. The van der Waals surface area contributed by atoms with Crippen LogP contribution in [-0.2, 0) is 6.18 Å². The summed E-state index contributed by atoms with van der Waals surface area (Å²) in [6.45, 7) is 8.71. The summed E-state index contributed by atoms with van der Waals surface area (Å²) in [5.74, 6) is -0.327. The lowest BCUT2D eigenvalue weighted by atomic mass is 9.92. The second-order valence-corrected chi connectivity index (χ2v) is 4.42. The van der Waals surface area contributed by atoms with E-state index in [1.54, 1.807) is 13.8 Å². The molecule has 5 heteroatoms. The van der Waals surface area contributed by atoms with Crippen LogP contribution in [0.1, 0.15) is 50.3 Å². The second kappa shape index (κ2) is 6.32. The van der Waals surface area contributed by atoms with E-state index in [2.05, 4.69) is 0 Å². The number of hydrogen-bond acceptors (Lipinski definition) is 1. The third kappa shape index (κ3) is 3.55. The molecular formula is C13H19ClF3N. The first-order valence-electron chi connectivity index (χ1n) is 5.82. The molecule has 0 bridgehead atoms. The lowest BCUT2D eigenvalue weighted by Crippen LogP contribution is -2.14. The van der Waals surface area contributed by atoms with E-state index in [9.17, 15) is 13.2 Å². The molecule has 0 saturated heterocycles. The molecule has 1 aromatic rings. The van der Waals surface area contributed by atoms with Crippen LogP contribution in [-0.4, -0.2) is 0 Å². The lowest BCUT2D eigenvalue weighted by molar-refractivity contribution is -0.138. The van der Waals surface area contributed by atoms with Gasteiger partial charge in [0.05, 0.1) is 16.3 Å². The molecule has 0 unspecified atom stereocenters. The maximum Gasteiger partial charge on any atom is 0.416 e. The fourth-order valence-corrected chi connectivity index (χ4v) is 2.13. The van der Waals surface area contributed by atoms with Gasteiger partial charge in [0.2, 0.25) is 0 Å². The summed E-state index contributed by atoms with van der Waals surface area (Å²) in [7, 11) is 0. The summed E-state index contributed by atoms with van der Waals surface area (Å²) in [6.07, 6.45) is -4.40. The highest BCUT2D eigenvalue weighted by molar-refractivity contribution is 6.34. The summed E-state index contributed by atoms with van der Waals surface area (Å²) < 4.78 is 38.6. The Bertz CT molecular complexity index is 412. The molecule has 0 aliphatic carbocycles. The predicted octanol–water partition coefficient (Wildman–Crippen LogP) is 5.40. The Labute approximate surface area is 111 Å². The summed E-state index contributed by atoms with van der Waals surface area (Å²) in [4.78, 5) is 0. The molecule has 104 valence electrons. The SMILES string of the molecule is CC.Cc1cc(N)c(Cl)c(C(C)C)c1C(F)(F)F. The number of nitrogen functional groups attached to an aromatic ring is 1. The smallest absolute Gasteiger partial charge is 0.398 e. The number of aryl methyl sites for hydroxylation is 1. The van der Waals surface area contributed by atoms with Gasteiger partial charge >= 0.3 is 6.18 Å². The van der Waals surface area contributed by atoms with Crippen molar-refractivity contribution in [3.8, 4) is 0 Å². The molecule has 0 fully saturated rings. The number of benzene rings is 1. The van der Waals surface area contributed by atoms with E-state index in [-0.39, 0.29) is 27.8 Å². The van der Waals surface area contributed by atoms with Gasteiger partial charge in [-0.15, -0.1) is 0 Å². The maximum atomic E-state index is 12.9. The average molecular weight is 282 g/mol. The Morgan fingerprint density at radius 3 is 2.00 bits per heavy atom. The zero-order valence-corrected chi connectivity index (χ0v) is 12.0. The molecule has 0 heterocycles. The number of alkyl halides is 3. The zero-order chi connectivity index (χ0) is 14.7. The minimum atomic E-state index is -4.40. The summed E-state index contributed by atoms with van der Waals surface area (Å²) in [5.41, 5.74) is 5.28. The Hall–Kier alpha value is -0.900. The number of nitrogens with two attached hydrogens (primary N) is 1. The molecule has 2 N–H and O–H groups in total. The number of rotatable bonds is 1. The van der Waals surface area contributed by atoms with Crippen LogP contribution >= 0.6 is 11.6 Å².